The van der Waals surface area contributed by atoms with E-state index in [0.29, 0.717) is 18.8 Å². The molecule has 0 aliphatic carbocycles. The Morgan fingerprint density at radius 3 is 2.67 bits per heavy atom. The van der Waals surface area contributed by atoms with Crippen molar-refractivity contribution in [3.8, 4) is 10.4 Å². The molecule has 1 N–H and O–H groups in total. The number of benzene rings is 2. The van der Waals surface area contributed by atoms with Crippen LogP contribution in [0.15, 0.2) is 60.8 Å². The first-order valence-electron chi connectivity index (χ1n) is 9.98. The topological polar surface area (TPSA) is 71.0 Å². The molecule has 3 heterocycles. The fourth-order valence-corrected chi connectivity index (χ4v) is 4.72. The fourth-order valence-electron chi connectivity index (χ4n) is 3.81. The van der Waals surface area contributed by atoms with Crippen LogP contribution in [-0.2, 0) is 0 Å². The summed E-state index contributed by atoms with van der Waals surface area (Å²) in [5, 5.41) is 4.34. The number of nitrogens with zero attached hydrogens (tertiary/aromatic N) is 4. The number of aryl methyl sites for hydroxylation is 1. The summed E-state index contributed by atoms with van der Waals surface area (Å²) < 4.78 is 0. The van der Waals surface area contributed by atoms with Gasteiger partial charge in [0.15, 0.2) is 0 Å². The van der Waals surface area contributed by atoms with Crippen molar-refractivity contribution in [1.29, 1.82) is 0 Å². The molecule has 1 aliphatic rings. The highest BCUT2D eigenvalue weighted by Gasteiger charge is 2.30. The molecule has 0 bridgehead atoms. The third kappa shape index (κ3) is 3.64. The number of nitrogens with one attached hydrogen (secondary N) is 1. The molecule has 0 saturated carbocycles. The molecule has 150 valence electrons. The lowest BCUT2D eigenvalue weighted by Gasteiger charge is -2.17. The molecule has 1 amide bonds. The van der Waals surface area contributed by atoms with Crippen molar-refractivity contribution in [2.75, 3.05) is 18.4 Å². The molecule has 0 spiro atoms. The Labute approximate surface area is 178 Å². The number of likely N-dealkylation sites (tertiary alicyclic amines) is 1. The summed E-state index contributed by atoms with van der Waals surface area (Å²) in [6.07, 6.45) is 2.62. The number of rotatable bonds is 4. The summed E-state index contributed by atoms with van der Waals surface area (Å²) in [6, 6.07) is 17.9. The largest absolute Gasteiger partial charge is 0.364 e. The van der Waals surface area contributed by atoms with E-state index in [1.807, 2.05) is 66.4 Å². The minimum absolute atomic E-state index is 0.00732. The van der Waals surface area contributed by atoms with Crippen LogP contribution in [0.2, 0.25) is 0 Å². The molecule has 1 aliphatic heterocycles. The van der Waals surface area contributed by atoms with Crippen molar-refractivity contribution in [2.24, 2.45) is 0 Å². The van der Waals surface area contributed by atoms with Gasteiger partial charge in [-0.3, -0.25) is 9.78 Å². The maximum Gasteiger partial charge on any atom is 0.274 e. The number of thiazole rings is 1. The maximum atomic E-state index is 13.2. The molecule has 4 aromatic rings. The molecular formula is C23H21N5OS. The van der Waals surface area contributed by atoms with Crippen LogP contribution in [0, 0.1) is 6.92 Å². The minimum atomic E-state index is -0.00732. The Kier molecular flexibility index (Phi) is 4.88. The molecule has 0 radical (unpaired) electrons. The van der Waals surface area contributed by atoms with Gasteiger partial charge in [-0.05, 0) is 31.0 Å². The van der Waals surface area contributed by atoms with Gasteiger partial charge in [0.2, 0.25) is 0 Å². The van der Waals surface area contributed by atoms with Crippen molar-refractivity contribution < 1.29 is 4.79 Å². The van der Waals surface area contributed by atoms with Gasteiger partial charge < -0.3 is 10.2 Å². The van der Waals surface area contributed by atoms with Gasteiger partial charge in [-0.1, -0.05) is 42.5 Å². The van der Waals surface area contributed by atoms with E-state index in [1.165, 1.54) is 0 Å². The van der Waals surface area contributed by atoms with Crippen LogP contribution in [0.4, 0.5) is 5.82 Å². The van der Waals surface area contributed by atoms with Gasteiger partial charge in [-0.25, -0.2) is 9.97 Å². The van der Waals surface area contributed by atoms with Crippen molar-refractivity contribution in [2.45, 2.75) is 19.4 Å². The number of anilines is 1. The monoisotopic (exact) mass is 415 g/mol. The molecule has 6 nitrogen and oxygen atoms in total. The number of carbonyl (C=O) groups excluding carboxylic acids is 1. The molecule has 1 saturated heterocycles. The van der Waals surface area contributed by atoms with Crippen molar-refractivity contribution in [1.82, 2.24) is 19.9 Å². The first-order valence-corrected chi connectivity index (χ1v) is 10.8. The van der Waals surface area contributed by atoms with E-state index in [2.05, 4.69) is 20.3 Å². The summed E-state index contributed by atoms with van der Waals surface area (Å²) in [6.45, 7) is 3.26. The van der Waals surface area contributed by atoms with E-state index in [0.717, 1.165) is 38.7 Å². The van der Waals surface area contributed by atoms with Gasteiger partial charge >= 0.3 is 0 Å². The van der Waals surface area contributed by atoms with Crippen LogP contribution in [0.5, 0.6) is 0 Å². The fraction of sp³-hybridized carbons (Fsp3) is 0.217. The number of amides is 1. The summed E-state index contributed by atoms with van der Waals surface area (Å²) in [7, 11) is 0. The Morgan fingerprint density at radius 2 is 1.83 bits per heavy atom. The van der Waals surface area contributed by atoms with Crippen LogP contribution < -0.4 is 5.32 Å². The standard InChI is InChI=1S/C23H21N5OS/c1-15-25-21(22(30-15)16-7-3-2-4-8-16)23(29)28-12-11-17(14-28)26-20-13-24-18-9-5-6-10-19(18)27-20/h2-10,13,17H,11-12,14H2,1H3,(H,26,27)/t17-/m1/s1. The summed E-state index contributed by atoms with van der Waals surface area (Å²) in [4.78, 5) is 29.7. The Balaban J connectivity index is 1.32. The van der Waals surface area contributed by atoms with Crippen molar-refractivity contribution in [3.05, 3.63) is 71.5 Å². The van der Waals surface area contributed by atoms with Crippen LogP contribution >= 0.6 is 11.3 Å². The normalized spacial score (nSPS) is 16.2. The van der Waals surface area contributed by atoms with Gasteiger partial charge in [0.1, 0.15) is 11.5 Å². The van der Waals surface area contributed by atoms with Crippen LogP contribution in [-0.4, -0.2) is 44.9 Å². The second kappa shape index (κ2) is 7.84. The van der Waals surface area contributed by atoms with Crippen molar-refractivity contribution >= 4 is 34.1 Å². The van der Waals surface area contributed by atoms with Crippen LogP contribution in [0.1, 0.15) is 21.9 Å². The average molecular weight is 416 g/mol. The third-order valence-electron chi connectivity index (χ3n) is 5.25. The van der Waals surface area contributed by atoms with E-state index in [-0.39, 0.29) is 11.9 Å². The molecule has 0 unspecified atom stereocenters. The maximum absolute atomic E-state index is 13.2. The zero-order valence-corrected chi connectivity index (χ0v) is 17.4. The van der Waals surface area contributed by atoms with Gasteiger partial charge in [0.05, 0.1) is 27.1 Å². The zero-order chi connectivity index (χ0) is 20.5. The van der Waals surface area contributed by atoms with E-state index < -0.39 is 0 Å². The molecule has 7 heteroatoms. The summed E-state index contributed by atoms with van der Waals surface area (Å²) >= 11 is 1.57. The van der Waals surface area contributed by atoms with Gasteiger partial charge in [0.25, 0.3) is 5.91 Å². The van der Waals surface area contributed by atoms with Crippen LogP contribution in [0.3, 0.4) is 0 Å². The Morgan fingerprint density at radius 1 is 1.07 bits per heavy atom. The Hall–Kier alpha value is -3.32. The highest BCUT2D eigenvalue weighted by molar-refractivity contribution is 7.15. The zero-order valence-electron chi connectivity index (χ0n) is 16.6. The lowest BCUT2D eigenvalue weighted by atomic mass is 10.1. The lowest BCUT2D eigenvalue weighted by molar-refractivity contribution is 0.0787. The second-order valence-corrected chi connectivity index (χ2v) is 8.60. The smallest absolute Gasteiger partial charge is 0.274 e. The summed E-state index contributed by atoms with van der Waals surface area (Å²) in [5.74, 6) is 0.731. The minimum Gasteiger partial charge on any atom is -0.364 e. The number of hydrogen-bond acceptors (Lipinski definition) is 6. The van der Waals surface area contributed by atoms with Gasteiger partial charge in [-0.2, -0.15) is 0 Å². The van der Waals surface area contributed by atoms with Crippen LogP contribution in [0.25, 0.3) is 21.5 Å². The molecule has 1 atom stereocenters. The quantitative estimate of drug-likeness (QED) is 0.535. The first-order chi connectivity index (χ1) is 14.7. The number of hydrogen-bond donors (Lipinski definition) is 1. The highest BCUT2D eigenvalue weighted by atomic mass is 32.1. The van der Waals surface area contributed by atoms with E-state index in [4.69, 9.17) is 0 Å². The number of fused-ring (bicyclic) bond motifs is 1. The molecular weight excluding hydrogens is 394 g/mol. The molecule has 2 aromatic carbocycles. The Bertz CT molecular complexity index is 1210. The van der Waals surface area contributed by atoms with E-state index in [1.54, 1.807) is 17.5 Å². The summed E-state index contributed by atoms with van der Waals surface area (Å²) in [5.41, 5.74) is 3.32. The number of aromatic nitrogens is 3. The number of para-hydroxylation sites is 2. The third-order valence-corrected chi connectivity index (χ3v) is 6.27. The van der Waals surface area contributed by atoms with Gasteiger partial charge in [0, 0.05) is 19.1 Å². The van der Waals surface area contributed by atoms with Gasteiger partial charge in [-0.15, -0.1) is 11.3 Å². The second-order valence-electron chi connectivity index (χ2n) is 7.40. The molecule has 1 fully saturated rings. The molecule has 2 aromatic heterocycles. The first kappa shape index (κ1) is 18.7. The molecule has 30 heavy (non-hydrogen) atoms. The average Bonchev–Trinajstić information content (AvgIpc) is 3.40. The van der Waals surface area contributed by atoms with E-state index in [9.17, 15) is 4.79 Å². The molecule has 5 rings (SSSR count). The predicted octanol–water partition coefficient (Wildman–Crippen LogP) is 4.39. The highest BCUT2D eigenvalue weighted by Crippen LogP contribution is 2.31. The lowest BCUT2D eigenvalue weighted by Crippen LogP contribution is -2.32. The predicted molar refractivity (Wildman–Crippen MR) is 120 cm³/mol. The number of carbonyl (C=O) groups is 1. The SMILES string of the molecule is Cc1nc(C(=O)N2CC[C@@H](Nc3cnc4ccccc4n3)C2)c(-c2ccccc2)s1. The van der Waals surface area contributed by atoms with E-state index >= 15 is 0 Å². The van der Waals surface area contributed by atoms with Crippen molar-refractivity contribution in [3.63, 3.8) is 0 Å².